The van der Waals surface area contributed by atoms with Gasteiger partial charge in [-0.1, -0.05) is 6.07 Å². The van der Waals surface area contributed by atoms with Crippen LogP contribution in [0.2, 0.25) is 0 Å². The molecule has 3 N–H and O–H groups in total. The number of hydrogen-bond donors (Lipinski definition) is 3. The van der Waals surface area contributed by atoms with Gasteiger partial charge in [0.25, 0.3) is 11.8 Å². The number of amides is 2. The van der Waals surface area contributed by atoms with Gasteiger partial charge in [0.05, 0.1) is 41.0 Å². The fourth-order valence-electron chi connectivity index (χ4n) is 5.04. The minimum Gasteiger partial charge on any atom is -0.393 e. The lowest BCUT2D eigenvalue weighted by Gasteiger charge is -2.32. The number of rotatable bonds is 6. The molecular weight excluding hydrogens is 511 g/mol. The van der Waals surface area contributed by atoms with Gasteiger partial charge >= 0.3 is 6.18 Å². The molecule has 2 aliphatic rings. The number of benzene rings is 1. The van der Waals surface area contributed by atoms with Crippen LogP contribution in [0.4, 0.5) is 24.5 Å². The third-order valence-corrected chi connectivity index (χ3v) is 7.29. The zero-order valence-electron chi connectivity index (χ0n) is 21.2. The van der Waals surface area contributed by atoms with Gasteiger partial charge in [-0.25, -0.2) is 0 Å². The number of carbonyl (C=O) groups is 2. The number of anilines is 2. The predicted octanol–water partition coefficient (Wildman–Crippen LogP) is 4.30. The number of carbonyl (C=O) groups excluding carboxylic acids is 2. The zero-order valence-corrected chi connectivity index (χ0v) is 21.2. The van der Waals surface area contributed by atoms with E-state index in [2.05, 4.69) is 25.5 Å². The van der Waals surface area contributed by atoms with Crippen LogP contribution in [0.5, 0.6) is 0 Å². The van der Waals surface area contributed by atoms with Crippen molar-refractivity contribution in [3.8, 4) is 0 Å². The van der Waals surface area contributed by atoms with E-state index in [4.69, 9.17) is 0 Å². The molecule has 1 aliphatic carbocycles. The lowest BCUT2D eigenvalue weighted by Crippen LogP contribution is -2.46. The zero-order chi connectivity index (χ0) is 27.7. The quantitative estimate of drug-likeness (QED) is 0.431. The summed E-state index contributed by atoms with van der Waals surface area (Å²) in [6, 6.07) is 7.90. The molecule has 204 valence electrons. The van der Waals surface area contributed by atoms with Gasteiger partial charge in [0.2, 0.25) is 0 Å². The first-order chi connectivity index (χ1) is 18.6. The number of nitrogens with zero attached hydrogens (tertiary/aromatic N) is 3. The normalized spacial score (nSPS) is 20.8. The number of aryl methyl sites for hydroxylation is 1. The van der Waals surface area contributed by atoms with Crippen molar-refractivity contribution >= 4 is 23.2 Å². The monoisotopic (exact) mass is 539 g/mol. The molecule has 39 heavy (non-hydrogen) atoms. The van der Waals surface area contributed by atoms with Gasteiger partial charge < -0.3 is 20.6 Å². The molecule has 3 aromatic rings. The Morgan fingerprint density at radius 1 is 1.00 bits per heavy atom. The van der Waals surface area contributed by atoms with Gasteiger partial charge in [-0.15, -0.1) is 0 Å². The van der Waals surface area contributed by atoms with Crippen molar-refractivity contribution < 1.29 is 27.9 Å². The van der Waals surface area contributed by atoms with Crippen molar-refractivity contribution in [2.45, 2.75) is 50.4 Å². The summed E-state index contributed by atoms with van der Waals surface area (Å²) in [5, 5.41) is 14.9. The Bertz CT molecular complexity index is 1390. The maximum Gasteiger partial charge on any atom is 0.417 e. The van der Waals surface area contributed by atoms with E-state index in [1.54, 1.807) is 24.4 Å². The summed E-state index contributed by atoms with van der Waals surface area (Å²) < 4.78 is 39.0. The molecule has 0 unspecified atom stereocenters. The van der Waals surface area contributed by atoms with Crippen LogP contribution in [0.15, 0.2) is 55.1 Å². The van der Waals surface area contributed by atoms with E-state index in [1.807, 2.05) is 13.0 Å². The molecule has 0 radical (unpaired) electrons. The molecule has 11 heteroatoms. The van der Waals surface area contributed by atoms with Crippen LogP contribution < -0.4 is 15.5 Å². The number of halogens is 3. The van der Waals surface area contributed by atoms with Gasteiger partial charge in [0.15, 0.2) is 0 Å². The van der Waals surface area contributed by atoms with Gasteiger partial charge in [-0.2, -0.15) is 13.2 Å². The van der Waals surface area contributed by atoms with Crippen LogP contribution in [0.3, 0.4) is 0 Å². The highest BCUT2D eigenvalue weighted by molar-refractivity contribution is 6.04. The molecule has 3 heterocycles. The molecule has 0 spiro atoms. The van der Waals surface area contributed by atoms with Crippen LogP contribution in [0.25, 0.3) is 0 Å². The van der Waals surface area contributed by atoms with Gasteiger partial charge in [-0.05, 0) is 61.6 Å². The van der Waals surface area contributed by atoms with Crippen molar-refractivity contribution in [3.63, 3.8) is 0 Å². The Kier molecular flexibility index (Phi) is 7.26. The number of nitrogens with one attached hydrogen (secondary N) is 2. The summed E-state index contributed by atoms with van der Waals surface area (Å²) >= 11 is 0. The summed E-state index contributed by atoms with van der Waals surface area (Å²) in [5.74, 6) is -0.626. The van der Waals surface area contributed by atoms with E-state index >= 15 is 0 Å². The molecule has 1 atom stereocenters. The second kappa shape index (κ2) is 10.6. The molecule has 0 bridgehead atoms. The lowest BCUT2D eigenvalue weighted by molar-refractivity contribution is -0.137. The summed E-state index contributed by atoms with van der Waals surface area (Å²) in [6.07, 6.45) is 2.14. The largest absolute Gasteiger partial charge is 0.417 e. The van der Waals surface area contributed by atoms with Crippen LogP contribution in [-0.4, -0.2) is 52.1 Å². The average molecular weight is 540 g/mol. The number of aromatic nitrogens is 2. The molecule has 1 saturated heterocycles. The molecule has 1 aliphatic heterocycles. The van der Waals surface area contributed by atoms with Gasteiger partial charge in [-0.3, -0.25) is 19.6 Å². The van der Waals surface area contributed by atoms with Crippen LogP contribution >= 0.6 is 0 Å². The van der Waals surface area contributed by atoms with Crippen molar-refractivity contribution in [3.05, 3.63) is 82.9 Å². The first kappa shape index (κ1) is 26.6. The molecule has 5 rings (SSSR count). The molecule has 2 fully saturated rings. The molecule has 2 amide bonds. The Labute approximate surface area is 223 Å². The van der Waals surface area contributed by atoms with Crippen LogP contribution in [0, 0.1) is 6.92 Å². The summed E-state index contributed by atoms with van der Waals surface area (Å²) in [4.78, 5) is 35.5. The van der Waals surface area contributed by atoms with Crippen LogP contribution in [0.1, 0.15) is 62.6 Å². The van der Waals surface area contributed by atoms with E-state index in [-0.39, 0.29) is 29.7 Å². The fraction of sp³-hybridized carbons (Fsp3) is 0.357. The highest BCUT2D eigenvalue weighted by atomic mass is 19.4. The molecular formula is C28H28F3N5O3. The predicted molar refractivity (Wildman–Crippen MR) is 139 cm³/mol. The molecule has 2 aromatic heterocycles. The van der Waals surface area contributed by atoms with E-state index in [0.717, 1.165) is 35.8 Å². The smallest absolute Gasteiger partial charge is 0.393 e. The maximum absolute atomic E-state index is 13.0. The standard InChI is InChI=1S/C28H28F3N5O3/c1-16-2-3-17(26(38)35-22-8-20(12-33-13-22)28(29,30)31)7-25(16)18-4-5-36(15-18)23-6-19(11-32-14-23)27(39)34-21-9-24(37)10-21/h2-3,6-8,11-14,18,21,24,37H,4-5,9-10,15H2,1H3,(H,34,39)(H,35,38)/t18-,21?,24?/m1/s1. The number of aliphatic hydroxyl groups excluding tert-OH is 1. The fourth-order valence-corrected chi connectivity index (χ4v) is 5.04. The van der Waals surface area contributed by atoms with Crippen LogP contribution in [-0.2, 0) is 6.18 Å². The third kappa shape index (κ3) is 6.03. The van der Waals surface area contributed by atoms with Gasteiger partial charge in [0.1, 0.15) is 0 Å². The minimum absolute atomic E-state index is 0.0235. The second-order valence-electron chi connectivity index (χ2n) is 10.1. The molecule has 1 aromatic carbocycles. The average Bonchev–Trinajstić information content (AvgIpc) is 3.38. The van der Waals surface area contributed by atoms with E-state index in [1.165, 1.54) is 12.4 Å². The number of alkyl halides is 3. The highest BCUT2D eigenvalue weighted by Crippen LogP contribution is 2.34. The van der Waals surface area contributed by atoms with Crippen molar-refractivity contribution in [1.82, 2.24) is 15.3 Å². The van der Waals surface area contributed by atoms with Gasteiger partial charge in [0, 0.05) is 43.0 Å². The minimum atomic E-state index is -4.56. The molecule has 8 nitrogen and oxygen atoms in total. The highest BCUT2D eigenvalue weighted by Gasteiger charge is 2.32. The number of hydrogen-bond acceptors (Lipinski definition) is 6. The van der Waals surface area contributed by atoms with Crippen molar-refractivity contribution in [2.24, 2.45) is 0 Å². The topological polar surface area (TPSA) is 107 Å². The maximum atomic E-state index is 13.0. The molecule has 1 saturated carbocycles. The number of pyridine rings is 2. The lowest BCUT2D eigenvalue weighted by atomic mass is 9.89. The summed E-state index contributed by atoms with van der Waals surface area (Å²) in [7, 11) is 0. The van der Waals surface area contributed by atoms with Crippen molar-refractivity contribution in [2.75, 3.05) is 23.3 Å². The first-order valence-corrected chi connectivity index (χ1v) is 12.7. The Hall–Kier alpha value is -3.99. The van der Waals surface area contributed by atoms with Crippen molar-refractivity contribution in [1.29, 1.82) is 0 Å². The van der Waals surface area contributed by atoms with E-state index in [0.29, 0.717) is 36.7 Å². The second-order valence-corrected chi connectivity index (χ2v) is 10.1. The third-order valence-electron chi connectivity index (χ3n) is 7.29. The summed E-state index contributed by atoms with van der Waals surface area (Å²) in [6.45, 7) is 3.35. The number of aliphatic hydroxyl groups is 1. The summed E-state index contributed by atoms with van der Waals surface area (Å²) in [5.41, 5.74) is 2.64. The Morgan fingerprint density at radius 2 is 1.77 bits per heavy atom. The SMILES string of the molecule is Cc1ccc(C(=O)Nc2cncc(C(F)(F)F)c2)cc1[C@@H]1CCN(c2cncc(C(=O)NC3CC(O)C3)c2)C1. The van der Waals surface area contributed by atoms with E-state index in [9.17, 15) is 27.9 Å². The Morgan fingerprint density at radius 3 is 2.51 bits per heavy atom. The Balaban J connectivity index is 1.26. The first-order valence-electron chi connectivity index (χ1n) is 12.7. The van der Waals surface area contributed by atoms with E-state index < -0.39 is 17.6 Å².